The number of carbonyl (C=O) groups is 1. The zero-order valence-electron chi connectivity index (χ0n) is 9.83. The first kappa shape index (κ1) is 12.1. The van der Waals surface area contributed by atoms with Crippen LogP contribution in [0.1, 0.15) is 39.5 Å². The molecule has 0 aromatic carbocycles. The summed E-state index contributed by atoms with van der Waals surface area (Å²) in [5.41, 5.74) is 0. The molecule has 1 aliphatic rings. The van der Waals surface area contributed by atoms with Gasteiger partial charge in [-0.1, -0.05) is 32.8 Å². The van der Waals surface area contributed by atoms with Gasteiger partial charge in [-0.25, -0.2) is 4.79 Å². The second-order valence-corrected chi connectivity index (χ2v) is 4.45. The number of hydrogen-bond acceptors (Lipinski definition) is 1. The molecule has 0 aliphatic carbocycles. The van der Waals surface area contributed by atoms with Crippen molar-refractivity contribution >= 4 is 6.03 Å². The number of rotatable bonds is 2. The van der Waals surface area contributed by atoms with Gasteiger partial charge in [-0.3, -0.25) is 0 Å². The maximum Gasteiger partial charge on any atom is 0.321 e. The van der Waals surface area contributed by atoms with E-state index >= 15 is 0 Å². The Morgan fingerprint density at radius 1 is 1.20 bits per heavy atom. The molecule has 1 saturated heterocycles. The van der Waals surface area contributed by atoms with Crippen LogP contribution in [0, 0.1) is 5.92 Å². The quantitative estimate of drug-likeness (QED) is 0.746. The standard InChI is InChI=1S/C12H22N2O/c1-11(2)7-8-13-12(15)14-9-5-3-4-6-10-14/h7-8,11H,3-6,9-10H2,1-2H3,(H,13,15)/b8-7+. The zero-order valence-corrected chi connectivity index (χ0v) is 9.83. The normalized spacial score (nSPS) is 18.2. The number of amides is 2. The van der Waals surface area contributed by atoms with E-state index < -0.39 is 0 Å². The molecule has 3 nitrogen and oxygen atoms in total. The Morgan fingerprint density at radius 3 is 2.33 bits per heavy atom. The SMILES string of the molecule is CC(C)/C=C/NC(=O)N1CCCCCC1. The summed E-state index contributed by atoms with van der Waals surface area (Å²) in [5, 5.41) is 2.82. The molecular formula is C12H22N2O. The van der Waals surface area contributed by atoms with Crippen molar-refractivity contribution in [3.63, 3.8) is 0 Å². The molecule has 0 saturated carbocycles. The van der Waals surface area contributed by atoms with Gasteiger partial charge in [0.25, 0.3) is 0 Å². The third-order valence-electron chi connectivity index (χ3n) is 2.58. The topological polar surface area (TPSA) is 32.3 Å². The number of allylic oxidation sites excluding steroid dienone is 1. The average molecular weight is 210 g/mol. The molecular weight excluding hydrogens is 188 g/mol. The molecule has 1 fully saturated rings. The van der Waals surface area contributed by atoms with Crippen molar-refractivity contribution in [2.24, 2.45) is 5.92 Å². The highest BCUT2D eigenvalue weighted by Crippen LogP contribution is 2.09. The highest BCUT2D eigenvalue weighted by atomic mass is 16.2. The number of nitrogens with one attached hydrogen (secondary N) is 1. The maximum atomic E-state index is 11.7. The summed E-state index contributed by atoms with van der Waals surface area (Å²) in [6, 6.07) is 0.0498. The van der Waals surface area contributed by atoms with Crippen molar-refractivity contribution in [3.8, 4) is 0 Å². The Kier molecular flexibility index (Phi) is 5.22. The average Bonchev–Trinajstić information content (AvgIpc) is 2.44. The Morgan fingerprint density at radius 2 is 1.80 bits per heavy atom. The molecule has 0 unspecified atom stereocenters. The zero-order chi connectivity index (χ0) is 11.1. The molecule has 2 amide bonds. The highest BCUT2D eigenvalue weighted by molar-refractivity contribution is 5.75. The van der Waals surface area contributed by atoms with Gasteiger partial charge >= 0.3 is 6.03 Å². The van der Waals surface area contributed by atoms with Crippen LogP contribution in [0.15, 0.2) is 12.3 Å². The van der Waals surface area contributed by atoms with Crippen LogP contribution in [-0.4, -0.2) is 24.0 Å². The van der Waals surface area contributed by atoms with E-state index in [1.54, 1.807) is 6.20 Å². The van der Waals surface area contributed by atoms with Crippen LogP contribution in [0.5, 0.6) is 0 Å². The summed E-state index contributed by atoms with van der Waals surface area (Å²) in [7, 11) is 0. The molecule has 0 bridgehead atoms. The minimum absolute atomic E-state index is 0.0498. The van der Waals surface area contributed by atoms with Crippen molar-refractivity contribution < 1.29 is 4.79 Å². The van der Waals surface area contributed by atoms with Crippen molar-refractivity contribution in [1.29, 1.82) is 0 Å². The van der Waals surface area contributed by atoms with Crippen LogP contribution in [0.3, 0.4) is 0 Å². The molecule has 1 rings (SSSR count). The van der Waals surface area contributed by atoms with Crippen LogP contribution in [-0.2, 0) is 0 Å². The lowest BCUT2D eigenvalue weighted by Crippen LogP contribution is -2.38. The monoisotopic (exact) mass is 210 g/mol. The Hall–Kier alpha value is -0.990. The third-order valence-corrected chi connectivity index (χ3v) is 2.58. The van der Waals surface area contributed by atoms with E-state index in [-0.39, 0.29) is 6.03 Å². The minimum atomic E-state index is 0.0498. The Labute approximate surface area is 92.5 Å². The van der Waals surface area contributed by atoms with Gasteiger partial charge in [0.2, 0.25) is 0 Å². The van der Waals surface area contributed by atoms with Crippen LogP contribution < -0.4 is 5.32 Å². The molecule has 0 atom stereocenters. The lowest BCUT2D eigenvalue weighted by molar-refractivity contribution is 0.203. The number of carbonyl (C=O) groups excluding carboxylic acids is 1. The summed E-state index contributed by atoms with van der Waals surface area (Å²) in [4.78, 5) is 13.6. The van der Waals surface area contributed by atoms with E-state index in [9.17, 15) is 4.79 Å². The number of hydrogen-bond donors (Lipinski definition) is 1. The lowest BCUT2D eigenvalue weighted by Gasteiger charge is -2.19. The fraction of sp³-hybridized carbons (Fsp3) is 0.750. The van der Waals surface area contributed by atoms with Crippen molar-refractivity contribution in [2.45, 2.75) is 39.5 Å². The minimum Gasteiger partial charge on any atom is -0.325 e. The second-order valence-electron chi connectivity index (χ2n) is 4.45. The summed E-state index contributed by atoms with van der Waals surface area (Å²) in [6.45, 7) is 5.99. The van der Waals surface area contributed by atoms with Gasteiger partial charge in [-0.05, 0) is 18.8 Å². The fourth-order valence-electron chi connectivity index (χ4n) is 1.68. The van der Waals surface area contributed by atoms with Gasteiger partial charge in [-0.15, -0.1) is 0 Å². The van der Waals surface area contributed by atoms with Gasteiger partial charge < -0.3 is 10.2 Å². The van der Waals surface area contributed by atoms with Gasteiger partial charge in [0.15, 0.2) is 0 Å². The summed E-state index contributed by atoms with van der Waals surface area (Å²) in [6.07, 6.45) is 8.55. The Bertz CT molecular complexity index is 216. The molecule has 1 heterocycles. The van der Waals surface area contributed by atoms with E-state index in [4.69, 9.17) is 0 Å². The van der Waals surface area contributed by atoms with Crippen LogP contribution >= 0.6 is 0 Å². The van der Waals surface area contributed by atoms with Gasteiger partial charge in [0, 0.05) is 19.3 Å². The molecule has 0 radical (unpaired) electrons. The number of likely N-dealkylation sites (tertiary alicyclic amines) is 1. The summed E-state index contributed by atoms with van der Waals surface area (Å²) in [5.74, 6) is 0.481. The van der Waals surface area contributed by atoms with E-state index in [0.29, 0.717) is 5.92 Å². The van der Waals surface area contributed by atoms with E-state index in [0.717, 1.165) is 25.9 Å². The van der Waals surface area contributed by atoms with E-state index in [1.165, 1.54) is 12.8 Å². The van der Waals surface area contributed by atoms with E-state index in [1.807, 2.05) is 11.0 Å². The van der Waals surface area contributed by atoms with Crippen molar-refractivity contribution in [1.82, 2.24) is 10.2 Å². The largest absolute Gasteiger partial charge is 0.325 e. The second kappa shape index (κ2) is 6.49. The first-order valence-corrected chi connectivity index (χ1v) is 5.92. The number of nitrogens with zero attached hydrogens (tertiary/aromatic N) is 1. The molecule has 0 aromatic rings. The van der Waals surface area contributed by atoms with Crippen molar-refractivity contribution in [2.75, 3.05) is 13.1 Å². The molecule has 0 aromatic heterocycles. The van der Waals surface area contributed by atoms with E-state index in [2.05, 4.69) is 19.2 Å². The molecule has 3 heteroatoms. The molecule has 15 heavy (non-hydrogen) atoms. The summed E-state index contributed by atoms with van der Waals surface area (Å²) < 4.78 is 0. The van der Waals surface area contributed by atoms with Crippen LogP contribution in [0.4, 0.5) is 4.79 Å². The van der Waals surface area contributed by atoms with Crippen LogP contribution in [0.2, 0.25) is 0 Å². The van der Waals surface area contributed by atoms with Gasteiger partial charge in [0.05, 0.1) is 0 Å². The predicted molar refractivity (Wildman–Crippen MR) is 62.6 cm³/mol. The van der Waals surface area contributed by atoms with Crippen molar-refractivity contribution in [3.05, 3.63) is 12.3 Å². The summed E-state index contributed by atoms with van der Waals surface area (Å²) >= 11 is 0. The molecule has 0 spiro atoms. The molecule has 1 aliphatic heterocycles. The first-order valence-electron chi connectivity index (χ1n) is 5.92. The first-order chi connectivity index (χ1) is 7.20. The Balaban J connectivity index is 2.31. The predicted octanol–water partition coefficient (Wildman–Crippen LogP) is 2.74. The molecule has 86 valence electrons. The fourth-order valence-corrected chi connectivity index (χ4v) is 1.68. The highest BCUT2D eigenvalue weighted by Gasteiger charge is 2.13. The van der Waals surface area contributed by atoms with Gasteiger partial charge in [0.1, 0.15) is 0 Å². The van der Waals surface area contributed by atoms with Crippen LogP contribution in [0.25, 0.3) is 0 Å². The lowest BCUT2D eigenvalue weighted by atomic mass is 10.2. The molecule has 1 N–H and O–H groups in total. The maximum absolute atomic E-state index is 11.7. The smallest absolute Gasteiger partial charge is 0.321 e. The van der Waals surface area contributed by atoms with Gasteiger partial charge in [-0.2, -0.15) is 0 Å². The number of urea groups is 1. The third kappa shape index (κ3) is 4.86.